The van der Waals surface area contributed by atoms with E-state index in [1.807, 2.05) is 0 Å². The molecule has 0 aromatic heterocycles. The first-order chi connectivity index (χ1) is 7.61. The van der Waals surface area contributed by atoms with Crippen LogP contribution in [0.3, 0.4) is 0 Å². The highest BCUT2D eigenvalue weighted by atomic mass is 127. The van der Waals surface area contributed by atoms with Gasteiger partial charge in [-0.25, -0.2) is 0 Å². The Morgan fingerprint density at radius 2 is 2.06 bits per heavy atom. The maximum Gasteiger partial charge on any atom is 0.120 e. The maximum atomic E-state index is 6.29. The minimum atomic E-state index is -0.0904. The smallest absolute Gasteiger partial charge is 0.120 e. The first kappa shape index (κ1) is 14.4. The van der Waals surface area contributed by atoms with Crippen LogP contribution in [0, 0.1) is 13.8 Å². The van der Waals surface area contributed by atoms with Gasteiger partial charge >= 0.3 is 0 Å². The zero-order valence-corrected chi connectivity index (χ0v) is 12.9. The number of hydrogen-bond acceptors (Lipinski definition) is 3. The summed E-state index contributed by atoms with van der Waals surface area (Å²) in [4.78, 5) is 6.63. The average Bonchev–Trinajstić information content (AvgIpc) is 2.68. The van der Waals surface area contributed by atoms with Gasteiger partial charge < -0.3 is 10.6 Å². The van der Waals surface area contributed by atoms with Crippen LogP contribution in [0.15, 0.2) is 23.2 Å². The van der Waals surface area contributed by atoms with Crippen LogP contribution in [0.2, 0.25) is 0 Å². The number of halogens is 1. The molecule has 1 aromatic carbocycles. The molecule has 17 heavy (non-hydrogen) atoms. The summed E-state index contributed by atoms with van der Waals surface area (Å²) in [5.74, 6) is 1.01. The van der Waals surface area contributed by atoms with Crippen LogP contribution in [-0.4, -0.2) is 30.9 Å². The number of likely N-dealkylation sites (N-methyl/N-ethyl adjacent to an activating group) is 1. The number of aryl methyl sites for hydroxylation is 1. The molecule has 0 fully saturated rings. The highest BCUT2D eigenvalue weighted by Gasteiger charge is 2.22. The molecule has 94 valence electrons. The highest BCUT2D eigenvalue weighted by Crippen LogP contribution is 2.22. The molecule has 1 aliphatic heterocycles. The Hall–Kier alpha value is -0.620. The van der Waals surface area contributed by atoms with Crippen molar-refractivity contribution < 1.29 is 0 Å². The van der Waals surface area contributed by atoms with Crippen molar-refractivity contribution in [1.29, 1.82) is 0 Å². The number of aliphatic imine (C=N–C) groups is 1. The molecule has 2 N–H and O–H groups in total. The third-order valence-corrected chi connectivity index (χ3v) is 3.36. The van der Waals surface area contributed by atoms with E-state index < -0.39 is 0 Å². The molecule has 1 heterocycles. The molecule has 0 radical (unpaired) electrons. The molecular weight excluding hydrogens is 325 g/mol. The second-order valence-electron chi connectivity index (χ2n) is 4.43. The van der Waals surface area contributed by atoms with Crippen molar-refractivity contribution in [3.63, 3.8) is 0 Å². The first-order valence-electron chi connectivity index (χ1n) is 5.68. The number of nitrogens with two attached hydrogens (primary N) is 1. The lowest BCUT2D eigenvalue weighted by molar-refractivity contribution is 0.536. The van der Waals surface area contributed by atoms with Crippen molar-refractivity contribution in [2.45, 2.75) is 19.9 Å². The summed E-state index contributed by atoms with van der Waals surface area (Å²) in [5.41, 5.74) is 10.0. The molecule has 4 heteroatoms. The van der Waals surface area contributed by atoms with Crippen LogP contribution < -0.4 is 5.73 Å². The Balaban J connectivity index is 0.00000144. The molecule has 0 amide bonds. The van der Waals surface area contributed by atoms with Gasteiger partial charge in [0.25, 0.3) is 0 Å². The Kier molecular flexibility index (Phi) is 4.94. The largest absolute Gasteiger partial charge is 0.360 e. The lowest BCUT2D eigenvalue weighted by Gasteiger charge is -2.22. The third-order valence-electron chi connectivity index (χ3n) is 3.36. The van der Waals surface area contributed by atoms with Crippen molar-refractivity contribution in [3.8, 4) is 0 Å². The molecule has 1 aromatic rings. The second kappa shape index (κ2) is 5.82. The first-order valence-corrected chi connectivity index (χ1v) is 5.68. The molecule has 0 spiro atoms. The van der Waals surface area contributed by atoms with Crippen molar-refractivity contribution in [3.05, 3.63) is 34.9 Å². The van der Waals surface area contributed by atoms with Gasteiger partial charge in [0.1, 0.15) is 5.84 Å². The molecule has 0 aliphatic carbocycles. The topological polar surface area (TPSA) is 41.6 Å². The predicted octanol–water partition coefficient (Wildman–Crippen LogP) is 2.27. The van der Waals surface area contributed by atoms with Crippen LogP contribution in [0.1, 0.15) is 22.7 Å². The summed E-state index contributed by atoms with van der Waals surface area (Å²) in [5, 5.41) is 0. The standard InChI is InChI=1S/C13H19N3.HI/c1-9-5-4-6-11(10(9)2)12(14)13-15-7-8-16(13)3;/h4-6,12H,7-8,14H2,1-3H3;1H. The molecule has 1 unspecified atom stereocenters. The lowest BCUT2D eigenvalue weighted by Crippen LogP contribution is -2.33. The van der Waals surface area contributed by atoms with Gasteiger partial charge in [-0.3, -0.25) is 4.99 Å². The maximum absolute atomic E-state index is 6.29. The molecule has 0 bridgehead atoms. The molecule has 2 rings (SSSR count). The molecular formula is C13H20IN3. The van der Waals surface area contributed by atoms with E-state index in [9.17, 15) is 0 Å². The molecule has 0 saturated heterocycles. The van der Waals surface area contributed by atoms with Gasteiger partial charge in [0.2, 0.25) is 0 Å². The number of benzene rings is 1. The summed E-state index contributed by atoms with van der Waals surface area (Å²) in [6.07, 6.45) is 0. The monoisotopic (exact) mass is 345 g/mol. The number of amidine groups is 1. The van der Waals surface area contributed by atoms with Crippen molar-refractivity contribution >= 4 is 29.8 Å². The van der Waals surface area contributed by atoms with Gasteiger partial charge in [-0.15, -0.1) is 24.0 Å². The van der Waals surface area contributed by atoms with Gasteiger partial charge in [0, 0.05) is 13.6 Å². The SMILES string of the molecule is Cc1cccc(C(N)C2=NCCN2C)c1C.I. The van der Waals surface area contributed by atoms with Crippen molar-refractivity contribution in [2.24, 2.45) is 10.7 Å². The van der Waals surface area contributed by atoms with E-state index in [0.29, 0.717) is 0 Å². The summed E-state index contributed by atoms with van der Waals surface area (Å²) in [7, 11) is 2.05. The molecule has 0 saturated carbocycles. The van der Waals surface area contributed by atoms with E-state index in [0.717, 1.165) is 18.9 Å². The van der Waals surface area contributed by atoms with Crippen LogP contribution in [0.25, 0.3) is 0 Å². The van der Waals surface area contributed by atoms with E-state index in [1.54, 1.807) is 0 Å². The molecule has 3 nitrogen and oxygen atoms in total. The Morgan fingerprint density at radius 1 is 1.35 bits per heavy atom. The fraction of sp³-hybridized carbons (Fsp3) is 0.462. The quantitative estimate of drug-likeness (QED) is 0.836. The summed E-state index contributed by atoms with van der Waals surface area (Å²) in [6, 6.07) is 6.19. The van der Waals surface area contributed by atoms with Gasteiger partial charge in [-0.05, 0) is 30.5 Å². The Labute approximate surface area is 120 Å². The number of rotatable bonds is 2. The van der Waals surface area contributed by atoms with Crippen LogP contribution in [0.5, 0.6) is 0 Å². The zero-order chi connectivity index (χ0) is 11.7. The summed E-state index contributed by atoms with van der Waals surface area (Å²) in [6.45, 7) is 6.09. The normalized spacial score (nSPS) is 16.5. The second-order valence-corrected chi connectivity index (χ2v) is 4.43. The fourth-order valence-corrected chi connectivity index (χ4v) is 2.14. The van der Waals surface area contributed by atoms with E-state index in [1.165, 1.54) is 16.7 Å². The number of nitrogens with zero attached hydrogens (tertiary/aromatic N) is 2. The van der Waals surface area contributed by atoms with Crippen LogP contribution in [-0.2, 0) is 0 Å². The van der Waals surface area contributed by atoms with Crippen LogP contribution in [0.4, 0.5) is 0 Å². The minimum absolute atomic E-state index is 0. The number of hydrogen-bond donors (Lipinski definition) is 1. The van der Waals surface area contributed by atoms with Gasteiger partial charge in [-0.1, -0.05) is 18.2 Å². The van der Waals surface area contributed by atoms with E-state index in [4.69, 9.17) is 5.73 Å². The highest BCUT2D eigenvalue weighted by molar-refractivity contribution is 14.0. The predicted molar refractivity (Wildman–Crippen MR) is 83.2 cm³/mol. The molecule has 1 atom stereocenters. The molecule has 1 aliphatic rings. The third kappa shape index (κ3) is 2.80. The lowest BCUT2D eigenvalue weighted by atomic mass is 9.97. The van der Waals surface area contributed by atoms with Crippen LogP contribution >= 0.6 is 24.0 Å². The van der Waals surface area contributed by atoms with Crippen molar-refractivity contribution in [2.75, 3.05) is 20.1 Å². The fourth-order valence-electron chi connectivity index (χ4n) is 2.14. The summed E-state index contributed by atoms with van der Waals surface area (Å²) < 4.78 is 0. The van der Waals surface area contributed by atoms with E-state index >= 15 is 0 Å². The van der Waals surface area contributed by atoms with Gasteiger partial charge in [0.05, 0.1) is 12.6 Å². The van der Waals surface area contributed by atoms with Gasteiger partial charge in [-0.2, -0.15) is 0 Å². The van der Waals surface area contributed by atoms with Gasteiger partial charge in [0.15, 0.2) is 0 Å². The minimum Gasteiger partial charge on any atom is -0.360 e. The van der Waals surface area contributed by atoms with E-state index in [2.05, 4.69) is 49.0 Å². The summed E-state index contributed by atoms with van der Waals surface area (Å²) >= 11 is 0. The van der Waals surface area contributed by atoms with Crippen molar-refractivity contribution in [1.82, 2.24) is 4.90 Å². The Bertz CT molecular complexity index is 429. The van der Waals surface area contributed by atoms with E-state index in [-0.39, 0.29) is 30.0 Å². The average molecular weight is 345 g/mol. The zero-order valence-electron chi connectivity index (χ0n) is 10.6. The Morgan fingerprint density at radius 3 is 2.65 bits per heavy atom.